The molecule has 2 aliphatic carbocycles. The smallest absolute Gasteiger partial charge is 1.00 e. The summed E-state index contributed by atoms with van der Waals surface area (Å²) in [4.78, 5) is 0. The van der Waals surface area contributed by atoms with Crippen molar-refractivity contribution in [2.75, 3.05) is 0 Å². The van der Waals surface area contributed by atoms with E-state index in [9.17, 15) is 0 Å². The molecule has 4 nitrogen and oxygen atoms in total. The van der Waals surface area contributed by atoms with Crippen molar-refractivity contribution < 1.29 is 45.2 Å². The number of rotatable bonds is 4. The predicted octanol–water partition coefficient (Wildman–Crippen LogP) is 0.552. The van der Waals surface area contributed by atoms with Gasteiger partial charge in [0.05, 0.1) is 0 Å². The van der Waals surface area contributed by atoms with Crippen LogP contribution in [0.1, 0.15) is 43.4 Å². The minimum atomic E-state index is -2.06. The van der Waals surface area contributed by atoms with Crippen LogP contribution in [0.4, 0.5) is 0 Å². The van der Waals surface area contributed by atoms with E-state index in [0.29, 0.717) is 7.25 Å². The van der Waals surface area contributed by atoms with Crippen LogP contribution in [0.25, 0.3) is 23.5 Å². The molecule has 0 bridgehead atoms. The molecule has 0 spiro atoms. The van der Waals surface area contributed by atoms with E-state index >= 15 is 0 Å². The molecule has 182 valence electrons. The van der Waals surface area contributed by atoms with Crippen LogP contribution >= 0.6 is 0 Å². The third-order valence-corrected chi connectivity index (χ3v) is 27.1. The maximum atomic E-state index is 4.54. The topological polar surface area (TPSA) is 35.6 Å². The quantitative estimate of drug-likeness (QED) is 0.317. The van der Waals surface area contributed by atoms with Crippen molar-refractivity contribution in [1.82, 2.24) is 19.6 Å². The Labute approximate surface area is 233 Å². The van der Waals surface area contributed by atoms with E-state index in [0.717, 1.165) is 0 Å². The van der Waals surface area contributed by atoms with E-state index in [1.165, 1.54) is 33.6 Å². The van der Waals surface area contributed by atoms with Gasteiger partial charge in [-0.1, -0.05) is 0 Å². The van der Waals surface area contributed by atoms with Gasteiger partial charge in [0.15, 0.2) is 0 Å². The monoisotopic (exact) mass is 608 g/mol. The minimum Gasteiger partial charge on any atom is -1.00 e. The summed E-state index contributed by atoms with van der Waals surface area (Å²) in [6.45, 7) is 9.89. The van der Waals surface area contributed by atoms with E-state index < -0.39 is 25.8 Å². The second-order valence-corrected chi connectivity index (χ2v) is 27.4. The standard InChI is InChI=1S/2C13H11N2.C2H6Si.2ClH.Zr/c2*1-10-8-11-4-2-5-13(12(11)9-10)15-7-3-6-14-15;1-3-2;;;/h2*2-9H,1H3;1-2H3;2*1H;/q;;;;;+2/p-2. The first-order valence-electron chi connectivity index (χ1n) is 11.8. The van der Waals surface area contributed by atoms with Gasteiger partial charge in [0.25, 0.3) is 0 Å². The molecule has 0 aliphatic heterocycles. The Morgan fingerprint density at radius 2 is 1.14 bits per heavy atom. The number of benzene rings is 2. The molecule has 0 radical (unpaired) electrons. The van der Waals surface area contributed by atoms with Crippen molar-refractivity contribution in [2.45, 2.75) is 34.2 Å². The van der Waals surface area contributed by atoms with Gasteiger partial charge < -0.3 is 24.8 Å². The average molecular weight is 611 g/mol. The summed E-state index contributed by atoms with van der Waals surface area (Å²) < 4.78 is 5.27. The van der Waals surface area contributed by atoms with Crippen molar-refractivity contribution in [3.63, 3.8) is 0 Å². The number of hydrogen-bond donors (Lipinski definition) is 0. The van der Waals surface area contributed by atoms with Crippen molar-refractivity contribution in [3.05, 3.63) is 107 Å². The second kappa shape index (κ2) is 10.8. The van der Waals surface area contributed by atoms with Crippen LogP contribution < -0.4 is 24.8 Å². The summed E-state index contributed by atoms with van der Waals surface area (Å²) in [5.41, 5.74) is 10.9. The van der Waals surface area contributed by atoms with E-state index in [-0.39, 0.29) is 24.8 Å². The van der Waals surface area contributed by atoms with Crippen LogP contribution in [0.5, 0.6) is 0 Å². The normalized spacial score (nSPS) is 17.1. The van der Waals surface area contributed by atoms with Crippen molar-refractivity contribution in [1.29, 1.82) is 0 Å². The Morgan fingerprint density at radius 3 is 1.50 bits per heavy atom. The van der Waals surface area contributed by atoms with Gasteiger partial charge in [-0.15, -0.1) is 0 Å². The molecular formula is C28H28Cl2N4SiZr. The summed E-state index contributed by atoms with van der Waals surface area (Å²) in [5.74, 6) is 0. The van der Waals surface area contributed by atoms with Crippen LogP contribution in [-0.2, 0) is 20.4 Å². The maximum Gasteiger partial charge on any atom is -1.00 e. The van der Waals surface area contributed by atoms with Gasteiger partial charge in [0, 0.05) is 0 Å². The van der Waals surface area contributed by atoms with E-state index in [1.54, 1.807) is 11.1 Å². The largest absolute Gasteiger partial charge is 1.00 e. The molecule has 2 atom stereocenters. The minimum absolute atomic E-state index is 0. The van der Waals surface area contributed by atoms with Crippen LogP contribution in [0.3, 0.4) is 0 Å². The van der Waals surface area contributed by atoms with Gasteiger partial charge in [-0.2, -0.15) is 0 Å². The molecule has 6 rings (SSSR count). The first-order chi connectivity index (χ1) is 16.5. The fourth-order valence-electron chi connectivity index (χ4n) is 5.86. The van der Waals surface area contributed by atoms with Crippen LogP contribution in [-0.4, -0.2) is 25.0 Å². The number of halogens is 2. The van der Waals surface area contributed by atoms with Gasteiger partial charge in [-0.3, -0.25) is 0 Å². The van der Waals surface area contributed by atoms with Crippen LogP contribution in [0.15, 0.2) is 84.5 Å². The van der Waals surface area contributed by atoms with E-state index in [2.05, 4.69) is 98.1 Å². The third kappa shape index (κ3) is 4.36. The number of hydrogen-bond acceptors (Lipinski definition) is 2. The van der Waals surface area contributed by atoms with Gasteiger partial charge >= 0.3 is 210 Å². The Bertz CT molecular complexity index is 1390. The molecule has 36 heavy (non-hydrogen) atoms. The summed E-state index contributed by atoms with van der Waals surface area (Å²) >= 11 is -2.06. The zero-order valence-corrected chi connectivity index (χ0v) is 25.8. The Balaban J connectivity index is 0.00000152. The summed E-state index contributed by atoms with van der Waals surface area (Å²) in [5, 5.41) is 9.08. The molecule has 2 aliphatic rings. The maximum absolute atomic E-state index is 4.54. The van der Waals surface area contributed by atoms with Crippen molar-refractivity contribution in [2.24, 2.45) is 0 Å². The Hall–Kier alpha value is -1.98. The summed E-state index contributed by atoms with van der Waals surface area (Å²) in [6, 6.07) is 17.7. The van der Waals surface area contributed by atoms with E-state index in [1.807, 2.05) is 33.9 Å². The van der Waals surface area contributed by atoms with Crippen molar-refractivity contribution >= 4 is 17.6 Å². The number of nitrogens with zero attached hydrogens (tertiary/aromatic N) is 4. The van der Waals surface area contributed by atoms with Gasteiger partial charge in [0.1, 0.15) is 0 Å². The summed E-state index contributed by atoms with van der Waals surface area (Å²) in [7, 11) is 0. The third-order valence-electron chi connectivity index (χ3n) is 7.21. The fraction of sp³-hybridized carbons (Fsp3) is 0.214. The molecule has 0 unspecified atom stereocenters. The molecule has 2 aromatic carbocycles. The first-order valence-corrected chi connectivity index (χ1v) is 20.9. The zero-order valence-electron chi connectivity index (χ0n) is 20.8. The first kappa shape index (κ1) is 27.1. The average Bonchev–Trinajstić information content (AvgIpc) is 3.61. The molecule has 2 aromatic heterocycles. The molecule has 2 heterocycles. The molecule has 0 fully saturated rings. The second-order valence-electron chi connectivity index (χ2n) is 9.56. The zero-order chi connectivity index (χ0) is 23.4. The number of aromatic nitrogens is 4. The van der Waals surface area contributed by atoms with Crippen molar-refractivity contribution in [3.8, 4) is 11.4 Å². The summed E-state index contributed by atoms with van der Waals surface area (Å²) in [6.07, 6.45) is 12.7. The predicted molar refractivity (Wildman–Crippen MR) is 137 cm³/mol. The molecule has 0 saturated carbocycles. The molecule has 8 heteroatoms. The molecule has 0 amide bonds. The number of allylic oxidation sites excluding steroid dienone is 2. The molecule has 0 saturated heterocycles. The van der Waals surface area contributed by atoms with Gasteiger partial charge in [-0.25, -0.2) is 0 Å². The SMILES string of the molecule is CC1=Cc2c(cccc2-n2cccn2)[C@@H]1[Zr+2]([C@H]1C(C)=Cc2c1cccc2-n1cccn1)=[Si](C)C.[Cl-].[Cl-]. The van der Waals surface area contributed by atoms with Crippen LogP contribution in [0.2, 0.25) is 13.1 Å². The molecule has 4 aromatic rings. The molecule has 0 N–H and O–H groups in total. The fourth-order valence-corrected chi connectivity index (χ4v) is 26.6. The van der Waals surface area contributed by atoms with Gasteiger partial charge in [0.2, 0.25) is 0 Å². The van der Waals surface area contributed by atoms with Gasteiger partial charge in [-0.05, 0) is 0 Å². The molecular weight excluding hydrogens is 583 g/mol. The Kier molecular flexibility index (Phi) is 8.11. The van der Waals surface area contributed by atoms with E-state index in [4.69, 9.17) is 0 Å². The Morgan fingerprint density at radius 1 is 0.694 bits per heavy atom. The van der Waals surface area contributed by atoms with Crippen LogP contribution in [0, 0.1) is 0 Å². The number of fused-ring (bicyclic) bond motifs is 2.